The van der Waals surface area contributed by atoms with Crippen LogP contribution in [0.15, 0.2) is 30.5 Å². The molecule has 0 unspecified atom stereocenters. The topological polar surface area (TPSA) is 81.0 Å². The molecule has 0 radical (unpaired) electrons. The van der Waals surface area contributed by atoms with Crippen molar-refractivity contribution in [3.63, 3.8) is 0 Å². The van der Waals surface area contributed by atoms with Crippen LogP contribution in [0.3, 0.4) is 0 Å². The van der Waals surface area contributed by atoms with Crippen LogP contribution >= 0.6 is 11.6 Å². The summed E-state index contributed by atoms with van der Waals surface area (Å²) in [5, 5.41) is 14.4. The van der Waals surface area contributed by atoms with E-state index in [0.717, 1.165) is 5.69 Å². The van der Waals surface area contributed by atoms with Gasteiger partial charge >= 0.3 is 0 Å². The Bertz CT molecular complexity index is 634. The molecule has 0 spiro atoms. The Hall–Kier alpha value is -2.05. The van der Waals surface area contributed by atoms with Crippen LogP contribution in [-0.4, -0.2) is 14.9 Å². The first-order chi connectivity index (χ1) is 9.58. The van der Waals surface area contributed by atoms with E-state index in [0.29, 0.717) is 29.5 Å². The zero-order chi connectivity index (χ0) is 14.5. The quantitative estimate of drug-likeness (QED) is 0.677. The third kappa shape index (κ3) is 3.49. The highest BCUT2D eigenvalue weighted by atomic mass is 35.5. The largest absolute Gasteiger partial charge is 0.307 e. The van der Waals surface area contributed by atoms with E-state index in [2.05, 4.69) is 15.3 Å². The molecule has 0 atom stereocenters. The number of halogens is 1. The van der Waals surface area contributed by atoms with Gasteiger partial charge in [0, 0.05) is 25.4 Å². The zero-order valence-electron chi connectivity index (χ0n) is 10.8. The van der Waals surface area contributed by atoms with Gasteiger partial charge in [0.2, 0.25) is 0 Å². The molecule has 6 nitrogen and oxygen atoms in total. The molecule has 20 heavy (non-hydrogen) atoms. The van der Waals surface area contributed by atoms with E-state index in [9.17, 15) is 10.1 Å². The van der Waals surface area contributed by atoms with Gasteiger partial charge in [0.15, 0.2) is 0 Å². The van der Waals surface area contributed by atoms with Crippen molar-refractivity contribution in [3.8, 4) is 0 Å². The third-order valence-electron chi connectivity index (χ3n) is 2.73. The van der Waals surface area contributed by atoms with E-state index in [4.69, 9.17) is 11.6 Å². The number of aryl methyl sites for hydroxylation is 1. The number of hydrogen-bond donors (Lipinski definition) is 1. The lowest BCUT2D eigenvalue weighted by molar-refractivity contribution is -0.385. The van der Waals surface area contributed by atoms with E-state index < -0.39 is 4.92 Å². The van der Waals surface area contributed by atoms with Gasteiger partial charge in [-0.3, -0.25) is 10.1 Å². The first-order valence-electron chi connectivity index (χ1n) is 5.99. The molecule has 1 N–H and O–H groups in total. The van der Waals surface area contributed by atoms with Crippen LogP contribution < -0.4 is 5.32 Å². The summed E-state index contributed by atoms with van der Waals surface area (Å²) < 4.78 is 0. The minimum absolute atomic E-state index is 0.0175. The Labute approximate surface area is 121 Å². The van der Waals surface area contributed by atoms with Crippen LogP contribution in [0.25, 0.3) is 0 Å². The maximum Gasteiger partial charge on any atom is 0.275 e. The summed E-state index contributed by atoms with van der Waals surface area (Å²) in [5.74, 6) is 0.688. The monoisotopic (exact) mass is 292 g/mol. The van der Waals surface area contributed by atoms with E-state index >= 15 is 0 Å². The predicted octanol–water partition coefficient (Wildman–Crippen LogP) is 2.64. The van der Waals surface area contributed by atoms with E-state index in [1.54, 1.807) is 24.4 Å². The summed E-state index contributed by atoms with van der Waals surface area (Å²) in [7, 11) is 0. The van der Waals surface area contributed by atoms with E-state index in [1.807, 2.05) is 6.92 Å². The summed E-state index contributed by atoms with van der Waals surface area (Å²) in [4.78, 5) is 18.8. The average molecular weight is 293 g/mol. The van der Waals surface area contributed by atoms with Crippen LogP contribution in [0.1, 0.15) is 17.1 Å². The first-order valence-corrected chi connectivity index (χ1v) is 6.36. The predicted molar refractivity (Wildman–Crippen MR) is 75.4 cm³/mol. The SMILES string of the molecule is Cc1nccc(CNCc2c(Cl)cccc2[N+](=O)[O-])n1. The number of nitrogens with one attached hydrogen (secondary N) is 1. The summed E-state index contributed by atoms with van der Waals surface area (Å²) in [6.45, 7) is 2.60. The number of aromatic nitrogens is 2. The minimum atomic E-state index is -0.433. The molecule has 0 aliphatic carbocycles. The highest BCUT2D eigenvalue weighted by Crippen LogP contribution is 2.25. The van der Waals surface area contributed by atoms with Gasteiger partial charge in [-0.1, -0.05) is 17.7 Å². The van der Waals surface area contributed by atoms with Crippen molar-refractivity contribution < 1.29 is 4.92 Å². The molecule has 1 heterocycles. The molecule has 0 bridgehead atoms. The van der Waals surface area contributed by atoms with E-state index in [-0.39, 0.29) is 5.69 Å². The zero-order valence-corrected chi connectivity index (χ0v) is 11.6. The Morgan fingerprint density at radius 2 is 2.15 bits per heavy atom. The Balaban J connectivity index is 2.06. The van der Waals surface area contributed by atoms with Gasteiger partial charge in [-0.25, -0.2) is 9.97 Å². The fraction of sp³-hybridized carbons (Fsp3) is 0.231. The number of benzene rings is 1. The standard InChI is InChI=1S/C13H13ClN4O2/c1-9-16-6-5-10(17-9)7-15-8-11-12(14)3-2-4-13(11)18(19)20/h2-6,15H,7-8H2,1H3. The molecule has 0 saturated carbocycles. The molecule has 7 heteroatoms. The fourth-order valence-electron chi connectivity index (χ4n) is 1.81. The van der Waals surface area contributed by atoms with E-state index in [1.165, 1.54) is 6.07 Å². The molecule has 0 aliphatic heterocycles. The van der Waals surface area contributed by atoms with Crippen molar-refractivity contribution in [2.45, 2.75) is 20.0 Å². The van der Waals surface area contributed by atoms with Gasteiger partial charge < -0.3 is 5.32 Å². The van der Waals surface area contributed by atoms with Crippen molar-refractivity contribution in [3.05, 3.63) is 62.7 Å². The van der Waals surface area contributed by atoms with Crippen LogP contribution in [0, 0.1) is 17.0 Å². The summed E-state index contributed by atoms with van der Waals surface area (Å²) in [6, 6.07) is 6.44. The third-order valence-corrected chi connectivity index (χ3v) is 3.09. The second-order valence-corrected chi connectivity index (χ2v) is 4.60. The van der Waals surface area contributed by atoms with Crippen LogP contribution in [-0.2, 0) is 13.1 Å². The van der Waals surface area contributed by atoms with Crippen LogP contribution in [0.2, 0.25) is 5.02 Å². The lowest BCUT2D eigenvalue weighted by Gasteiger charge is -2.07. The van der Waals surface area contributed by atoms with Crippen molar-refractivity contribution >= 4 is 17.3 Å². The molecular weight excluding hydrogens is 280 g/mol. The van der Waals surface area contributed by atoms with Gasteiger partial charge in [-0.2, -0.15) is 0 Å². The molecule has 1 aromatic heterocycles. The van der Waals surface area contributed by atoms with Gasteiger partial charge in [-0.05, 0) is 19.1 Å². The highest BCUT2D eigenvalue weighted by Gasteiger charge is 2.15. The molecule has 2 rings (SSSR count). The smallest absolute Gasteiger partial charge is 0.275 e. The normalized spacial score (nSPS) is 10.5. The molecule has 0 saturated heterocycles. The number of nitrogens with zero attached hydrogens (tertiary/aromatic N) is 3. The van der Waals surface area contributed by atoms with Gasteiger partial charge in [0.25, 0.3) is 5.69 Å². The van der Waals surface area contributed by atoms with Crippen LogP contribution in [0.4, 0.5) is 5.69 Å². The van der Waals surface area contributed by atoms with Gasteiger partial charge in [0.05, 0.1) is 21.2 Å². The number of nitro groups is 1. The second kappa shape index (κ2) is 6.40. The maximum absolute atomic E-state index is 11.0. The maximum atomic E-state index is 11.0. The lowest BCUT2D eigenvalue weighted by Crippen LogP contribution is -2.15. The number of hydrogen-bond acceptors (Lipinski definition) is 5. The van der Waals surface area contributed by atoms with Crippen molar-refractivity contribution in [2.24, 2.45) is 0 Å². The molecule has 1 aromatic carbocycles. The fourth-order valence-corrected chi connectivity index (χ4v) is 2.05. The molecule has 2 aromatic rings. The first kappa shape index (κ1) is 14.4. The molecule has 104 valence electrons. The highest BCUT2D eigenvalue weighted by molar-refractivity contribution is 6.31. The van der Waals surface area contributed by atoms with Crippen molar-refractivity contribution in [1.82, 2.24) is 15.3 Å². The average Bonchev–Trinajstić information content (AvgIpc) is 2.40. The Morgan fingerprint density at radius 1 is 1.35 bits per heavy atom. The number of nitro benzene ring substituents is 1. The second-order valence-electron chi connectivity index (χ2n) is 4.19. The van der Waals surface area contributed by atoms with Gasteiger partial charge in [-0.15, -0.1) is 0 Å². The van der Waals surface area contributed by atoms with Crippen molar-refractivity contribution in [1.29, 1.82) is 0 Å². The minimum Gasteiger partial charge on any atom is -0.307 e. The summed E-state index contributed by atoms with van der Waals surface area (Å²) in [5.41, 5.74) is 1.32. The number of rotatable bonds is 5. The van der Waals surface area contributed by atoms with Crippen molar-refractivity contribution in [2.75, 3.05) is 0 Å². The molecule has 0 aliphatic rings. The molecular formula is C13H13ClN4O2. The lowest BCUT2D eigenvalue weighted by atomic mass is 10.2. The summed E-state index contributed by atoms with van der Waals surface area (Å²) >= 11 is 6.01. The Morgan fingerprint density at radius 3 is 2.85 bits per heavy atom. The Kier molecular flexibility index (Phi) is 4.60. The van der Waals surface area contributed by atoms with Crippen LogP contribution in [0.5, 0.6) is 0 Å². The van der Waals surface area contributed by atoms with Gasteiger partial charge in [0.1, 0.15) is 5.82 Å². The summed E-state index contributed by atoms with van der Waals surface area (Å²) in [6.07, 6.45) is 1.68. The molecule has 0 amide bonds. The molecule has 0 fully saturated rings.